The summed E-state index contributed by atoms with van der Waals surface area (Å²) in [6, 6.07) is 0.529. The summed E-state index contributed by atoms with van der Waals surface area (Å²) in [6.07, 6.45) is 0.488. The molecule has 0 radical (unpaired) electrons. The molecule has 0 aromatic heterocycles. The average Bonchev–Trinajstić information content (AvgIpc) is 2.50. The van der Waals surface area contributed by atoms with Crippen LogP contribution in [0.25, 0.3) is 0 Å². The van der Waals surface area contributed by atoms with Crippen LogP contribution in [0.5, 0.6) is 0 Å². The van der Waals surface area contributed by atoms with Crippen LogP contribution in [0.3, 0.4) is 0 Å². The molecule has 122 valence electrons. The van der Waals surface area contributed by atoms with Crippen molar-refractivity contribution in [2.45, 2.75) is 33.2 Å². The van der Waals surface area contributed by atoms with Crippen molar-refractivity contribution in [2.24, 2.45) is 0 Å². The molecule has 6 heteroatoms. The molecule has 1 fully saturated rings. The molecule has 0 bridgehead atoms. The molecule has 1 heterocycles. The van der Waals surface area contributed by atoms with Gasteiger partial charge in [-0.15, -0.1) is 0 Å². The maximum Gasteiger partial charge on any atom is 0.248 e. The van der Waals surface area contributed by atoms with E-state index in [1.54, 1.807) is 6.92 Å². The molecule has 0 saturated carbocycles. The van der Waals surface area contributed by atoms with E-state index in [-0.39, 0.29) is 24.9 Å². The number of nitrogens with zero attached hydrogens (tertiary/aromatic N) is 2. The fraction of sp³-hybridized carbons (Fsp3) is 0.867. The second kappa shape index (κ2) is 9.87. The van der Waals surface area contributed by atoms with E-state index in [4.69, 9.17) is 9.47 Å². The Balaban J connectivity index is 2.05. The number of carbonyl (C=O) groups excluding carboxylic acids is 2. The Morgan fingerprint density at radius 1 is 1.00 bits per heavy atom. The third-order valence-corrected chi connectivity index (χ3v) is 3.65. The van der Waals surface area contributed by atoms with Gasteiger partial charge in [0.25, 0.3) is 0 Å². The van der Waals surface area contributed by atoms with Gasteiger partial charge in [0.15, 0.2) is 5.78 Å². The molecule has 1 aliphatic rings. The first-order valence-electron chi connectivity index (χ1n) is 7.73. The van der Waals surface area contributed by atoms with E-state index < -0.39 is 0 Å². The minimum atomic E-state index is 0.0306. The highest BCUT2D eigenvalue weighted by atomic mass is 16.5. The number of Topliss-reactive ketones (excluding diaryl/α,β-unsaturated/α-hetero) is 1. The lowest BCUT2D eigenvalue weighted by Gasteiger charge is -2.36. The molecule has 0 N–H and O–H groups in total. The number of hydrogen-bond donors (Lipinski definition) is 0. The standard InChI is InChI=1S/C15H28N2O4/c1-4-14(18)11-20-9-10-21-12-15(19)17-7-5-16(6-8-17)13(2)3/h13H,4-12H2,1-3H3. The van der Waals surface area contributed by atoms with Crippen LogP contribution in [0.1, 0.15) is 27.2 Å². The largest absolute Gasteiger partial charge is 0.371 e. The molecular formula is C15H28N2O4. The van der Waals surface area contributed by atoms with Crippen LogP contribution in [0.4, 0.5) is 0 Å². The summed E-state index contributed by atoms with van der Waals surface area (Å²) in [4.78, 5) is 27.2. The van der Waals surface area contributed by atoms with Gasteiger partial charge in [0, 0.05) is 38.6 Å². The highest BCUT2D eigenvalue weighted by molar-refractivity contribution is 5.79. The Bertz CT molecular complexity index is 326. The number of amides is 1. The van der Waals surface area contributed by atoms with Gasteiger partial charge >= 0.3 is 0 Å². The Morgan fingerprint density at radius 2 is 1.57 bits per heavy atom. The highest BCUT2D eigenvalue weighted by Crippen LogP contribution is 2.06. The number of hydrogen-bond acceptors (Lipinski definition) is 5. The summed E-state index contributed by atoms with van der Waals surface area (Å²) < 4.78 is 10.4. The Labute approximate surface area is 127 Å². The molecule has 0 unspecified atom stereocenters. The third kappa shape index (κ3) is 7.02. The van der Waals surface area contributed by atoms with Crippen molar-refractivity contribution in [3.05, 3.63) is 0 Å². The zero-order valence-corrected chi connectivity index (χ0v) is 13.5. The van der Waals surface area contributed by atoms with E-state index in [2.05, 4.69) is 18.7 Å². The lowest BCUT2D eigenvalue weighted by Crippen LogP contribution is -2.51. The van der Waals surface area contributed by atoms with Gasteiger partial charge in [0.2, 0.25) is 5.91 Å². The van der Waals surface area contributed by atoms with E-state index >= 15 is 0 Å². The fourth-order valence-electron chi connectivity index (χ4n) is 2.14. The summed E-state index contributed by atoms with van der Waals surface area (Å²) in [7, 11) is 0. The minimum absolute atomic E-state index is 0.0306. The van der Waals surface area contributed by atoms with Crippen molar-refractivity contribution < 1.29 is 19.1 Å². The maximum absolute atomic E-state index is 11.9. The second-order valence-electron chi connectivity index (χ2n) is 5.51. The predicted octanol–water partition coefficient (Wildman–Crippen LogP) is 0.551. The zero-order chi connectivity index (χ0) is 15.7. The van der Waals surface area contributed by atoms with Crippen LogP contribution in [0, 0.1) is 0 Å². The Morgan fingerprint density at radius 3 is 2.10 bits per heavy atom. The van der Waals surface area contributed by atoms with Gasteiger partial charge in [-0.05, 0) is 13.8 Å². The van der Waals surface area contributed by atoms with Crippen molar-refractivity contribution in [1.29, 1.82) is 0 Å². The van der Waals surface area contributed by atoms with E-state index in [9.17, 15) is 9.59 Å². The second-order valence-corrected chi connectivity index (χ2v) is 5.51. The monoisotopic (exact) mass is 300 g/mol. The third-order valence-electron chi connectivity index (χ3n) is 3.65. The molecule has 0 aliphatic carbocycles. The van der Waals surface area contributed by atoms with Crippen molar-refractivity contribution in [2.75, 3.05) is 52.6 Å². The van der Waals surface area contributed by atoms with Gasteiger partial charge in [-0.1, -0.05) is 6.92 Å². The zero-order valence-electron chi connectivity index (χ0n) is 13.5. The number of ether oxygens (including phenoxy) is 2. The molecule has 0 atom stereocenters. The van der Waals surface area contributed by atoms with Crippen LogP contribution >= 0.6 is 0 Å². The van der Waals surface area contributed by atoms with Crippen LogP contribution in [0.2, 0.25) is 0 Å². The lowest BCUT2D eigenvalue weighted by molar-refractivity contribution is -0.139. The topological polar surface area (TPSA) is 59.1 Å². The van der Waals surface area contributed by atoms with Crippen LogP contribution in [-0.2, 0) is 19.1 Å². The van der Waals surface area contributed by atoms with Crippen LogP contribution in [-0.4, -0.2) is 80.1 Å². The smallest absolute Gasteiger partial charge is 0.248 e. The summed E-state index contributed by atoms with van der Waals surface area (Å²) in [5, 5.41) is 0. The number of rotatable bonds is 9. The van der Waals surface area contributed by atoms with E-state index in [1.807, 2.05) is 4.90 Å². The quantitative estimate of drug-likeness (QED) is 0.582. The molecular weight excluding hydrogens is 272 g/mol. The number of carbonyl (C=O) groups is 2. The van der Waals surface area contributed by atoms with Crippen LogP contribution in [0.15, 0.2) is 0 Å². The molecule has 1 amide bonds. The molecule has 0 aromatic carbocycles. The van der Waals surface area contributed by atoms with Gasteiger partial charge < -0.3 is 14.4 Å². The molecule has 6 nitrogen and oxygen atoms in total. The fourth-order valence-corrected chi connectivity index (χ4v) is 2.14. The first kappa shape index (κ1) is 18.1. The van der Waals surface area contributed by atoms with Gasteiger partial charge in [-0.25, -0.2) is 0 Å². The summed E-state index contributed by atoms with van der Waals surface area (Å²) in [6.45, 7) is 10.4. The molecule has 1 aliphatic heterocycles. The van der Waals surface area contributed by atoms with Gasteiger partial charge in [-0.3, -0.25) is 14.5 Å². The van der Waals surface area contributed by atoms with Crippen molar-refractivity contribution in [1.82, 2.24) is 9.80 Å². The Hall–Kier alpha value is -0.980. The minimum Gasteiger partial charge on any atom is -0.371 e. The molecule has 0 spiro atoms. The molecule has 21 heavy (non-hydrogen) atoms. The van der Waals surface area contributed by atoms with E-state index in [1.165, 1.54) is 0 Å². The first-order valence-corrected chi connectivity index (χ1v) is 7.73. The SMILES string of the molecule is CCC(=O)COCCOCC(=O)N1CCN(C(C)C)CC1. The molecule has 1 rings (SSSR count). The Kier molecular flexibility index (Phi) is 8.49. The lowest BCUT2D eigenvalue weighted by atomic mass is 10.2. The average molecular weight is 300 g/mol. The van der Waals surface area contributed by atoms with Crippen LogP contribution < -0.4 is 0 Å². The summed E-state index contributed by atoms with van der Waals surface area (Å²) in [5.41, 5.74) is 0. The number of piperazine rings is 1. The van der Waals surface area contributed by atoms with Gasteiger partial charge in [-0.2, -0.15) is 0 Å². The van der Waals surface area contributed by atoms with E-state index in [0.29, 0.717) is 25.7 Å². The number of ketones is 1. The molecule has 0 aromatic rings. The normalized spacial score (nSPS) is 16.5. The molecule has 1 saturated heterocycles. The summed E-state index contributed by atoms with van der Waals surface area (Å²) >= 11 is 0. The van der Waals surface area contributed by atoms with Gasteiger partial charge in [0.1, 0.15) is 13.2 Å². The van der Waals surface area contributed by atoms with Crippen molar-refractivity contribution in [3.63, 3.8) is 0 Å². The predicted molar refractivity (Wildman–Crippen MR) is 80.2 cm³/mol. The van der Waals surface area contributed by atoms with Crippen molar-refractivity contribution in [3.8, 4) is 0 Å². The first-order chi connectivity index (χ1) is 10.0. The van der Waals surface area contributed by atoms with E-state index in [0.717, 1.165) is 26.2 Å². The highest BCUT2D eigenvalue weighted by Gasteiger charge is 2.22. The van der Waals surface area contributed by atoms with Crippen molar-refractivity contribution >= 4 is 11.7 Å². The maximum atomic E-state index is 11.9. The van der Waals surface area contributed by atoms with Gasteiger partial charge in [0.05, 0.1) is 13.2 Å². The summed E-state index contributed by atoms with van der Waals surface area (Å²) in [5.74, 6) is 0.108.